The third-order valence-electron chi connectivity index (χ3n) is 3.58. The van der Waals surface area contributed by atoms with Crippen LogP contribution in [0.25, 0.3) is 0 Å². The lowest BCUT2D eigenvalue weighted by molar-refractivity contribution is 0.500. The molecule has 1 aliphatic heterocycles. The number of piperidine rings is 1. The number of halogens is 1. The van der Waals surface area contributed by atoms with Crippen molar-refractivity contribution >= 4 is 17.5 Å². The molecule has 5 nitrogen and oxygen atoms in total. The number of H-pyrrole nitrogens is 1. The van der Waals surface area contributed by atoms with Crippen LogP contribution in [0.2, 0.25) is 5.02 Å². The van der Waals surface area contributed by atoms with Crippen LogP contribution in [0.5, 0.6) is 0 Å². The van der Waals surface area contributed by atoms with Crippen molar-refractivity contribution in [3.05, 3.63) is 40.7 Å². The van der Waals surface area contributed by atoms with E-state index in [2.05, 4.69) is 20.1 Å². The summed E-state index contributed by atoms with van der Waals surface area (Å²) in [5.41, 5.74) is 7.04. The topological polar surface area (TPSA) is 70.8 Å². The molecule has 1 fully saturated rings. The predicted molar refractivity (Wildman–Crippen MR) is 80.1 cm³/mol. The van der Waals surface area contributed by atoms with Crippen molar-refractivity contribution in [1.29, 1.82) is 0 Å². The fraction of sp³-hybridized carbons (Fsp3) is 0.429. The molecule has 0 radical (unpaired) electrons. The molecule has 1 saturated heterocycles. The smallest absolute Gasteiger partial charge is 0.244 e. The maximum atomic E-state index is 6.16. The Balaban J connectivity index is 1.72. The lowest BCUT2D eigenvalue weighted by Crippen LogP contribution is -2.43. The number of aromatic amines is 1. The zero-order valence-corrected chi connectivity index (χ0v) is 12.0. The molecule has 0 bridgehead atoms. The average Bonchev–Trinajstić information content (AvgIpc) is 2.90. The van der Waals surface area contributed by atoms with E-state index in [-0.39, 0.29) is 6.04 Å². The lowest BCUT2D eigenvalue weighted by atomic mass is 10.1. The first-order chi connectivity index (χ1) is 9.72. The van der Waals surface area contributed by atoms with Crippen LogP contribution in [0.4, 0.5) is 5.95 Å². The summed E-state index contributed by atoms with van der Waals surface area (Å²) in [6.07, 6.45) is 2.83. The van der Waals surface area contributed by atoms with Gasteiger partial charge in [0, 0.05) is 30.6 Å². The molecule has 1 atom stereocenters. The molecule has 6 heteroatoms. The van der Waals surface area contributed by atoms with E-state index in [9.17, 15) is 0 Å². The molecule has 106 valence electrons. The monoisotopic (exact) mass is 291 g/mol. The van der Waals surface area contributed by atoms with Crippen LogP contribution in [0.1, 0.15) is 24.2 Å². The first-order valence-electron chi connectivity index (χ1n) is 6.87. The van der Waals surface area contributed by atoms with E-state index >= 15 is 0 Å². The van der Waals surface area contributed by atoms with Gasteiger partial charge in [-0.05, 0) is 24.5 Å². The van der Waals surface area contributed by atoms with E-state index in [1.54, 1.807) is 0 Å². The minimum Gasteiger partial charge on any atom is -0.338 e. The van der Waals surface area contributed by atoms with Crippen molar-refractivity contribution in [2.24, 2.45) is 5.73 Å². The van der Waals surface area contributed by atoms with Crippen molar-refractivity contribution < 1.29 is 0 Å². The molecule has 3 N–H and O–H groups in total. The van der Waals surface area contributed by atoms with Crippen LogP contribution in [0, 0.1) is 0 Å². The molecule has 1 aromatic heterocycles. The van der Waals surface area contributed by atoms with Gasteiger partial charge >= 0.3 is 0 Å². The summed E-state index contributed by atoms with van der Waals surface area (Å²) in [5, 5.41) is 8.04. The van der Waals surface area contributed by atoms with Gasteiger partial charge in [0.05, 0.1) is 0 Å². The number of aromatic nitrogens is 3. The summed E-state index contributed by atoms with van der Waals surface area (Å²) < 4.78 is 0. The maximum Gasteiger partial charge on any atom is 0.244 e. The quantitative estimate of drug-likeness (QED) is 0.907. The Morgan fingerprint density at radius 2 is 2.25 bits per heavy atom. The number of hydrogen-bond acceptors (Lipinski definition) is 4. The highest BCUT2D eigenvalue weighted by Crippen LogP contribution is 2.19. The number of hydrogen-bond donors (Lipinski definition) is 2. The number of nitrogens with one attached hydrogen (secondary N) is 1. The fourth-order valence-electron chi connectivity index (χ4n) is 2.52. The summed E-state index contributed by atoms with van der Waals surface area (Å²) in [6, 6.07) is 8.00. The molecular formula is C14H18ClN5. The Morgan fingerprint density at radius 1 is 1.40 bits per heavy atom. The second kappa shape index (κ2) is 5.81. The highest BCUT2D eigenvalue weighted by atomic mass is 35.5. The number of nitrogens with two attached hydrogens (primary N) is 1. The van der Waals surface area contributed by atoms with Gasteiger partial charge in [0.1, 0.15) is 5.82 Å². The van der Waals surface area contributed by atoms with Crippen LogP contribution in [-0.2, 0) is 6.42 Å². The van der Waals surface area contributed by atoms with Crippen LogP contribution in [-0.4, -0.2) is 34.3 Å². The number of rotatable bonds is 3. The normalized spacial score (nSPS) is 19.3. The summed E-state index contributed by atoms with van der Waals surface area (Å²) >= 11 is 6.16. The van der Waals surface area contributed by atoms with Crippen molar-refractivity contribution in [1.82, 2.24) is 15.2 Å². The fourth-order valence-corrected chi connectivity index (χ4v) is 2.72. The third kappa shape index (κ3) is 2.94. The molecule has 0 amide bonds. The van der Waals surface area contributed by atoms with E-state index < -0.39 is 0 Å². The SMILES string of the molecule is NC1CCCN(c2n[nH]c(Cc3ccccc3Cl)n2)C1. The Labute approximate surface area is 123 Å². The van der Waals surface area contributed by atoms with Crippen LogP contribution >= 0.6 is 11.6 Å². The van der Waals surface area contributed by atoms with Crippen LogP contribution in [0.15, 0.2) is 24.3 Å². The molecule has 1 aromatic carbocycles. The Hall–Kier alpha value is -1.59. The van der Waals surface area contributed by atoms with Crippen LogP contribution in [0.3, 0.4) is 0 Å². The summed E-state index contributed by atoms with van der Waals surface area (Å²) in [4.78, 5) is 6.69. The summed E-state index contributed by atoms with van der Waals surface area (Å²) in [6.45, 7) is 1.79. The van der Waals surface area contributed by atoms with Crippen LogP contribution < -0.4 is 10.6 Å². The first-order valence-corrected chi connectivity index (χ1v) is 7.25. The average molecular weight is 292 g/mol. The van der Waals surface area contributed by atoms with E-state index in [1.807, 2.05) is 24.3 Å². The second-order valence-corrected chi connectivity index (χ2v) is 5.61. The number of anilines is 1. The molecule has 0 saturated carbocycles. The molecular weight excluding hydrogens is 274 g/mol. The zero-order valence-electron chi connectivity index (χ0n) is 11.2. The highest BCUT2D eigenvalue weighted by Gasteiger charge is 2.20. The van der Waals surface area contributed by atoms with E-state index in [1.165, 1.54) is 0 Å². The van der Waals surface area contributed by atoms with E-state index in [0.29, 0.717) is 6.42 Å². The Bertz CT molecular complexity index is 582. The largest absolute Gasteiger partial charge is 0.338 e. The van der Waals surface area contributed by atoms with Gasteiger partial charge < -0.3 is 10.6 Å². The van der Waals surface area contributed by atoms with Gasteiger partial charge in [0.25, 0.3) is 0 Å². The predicted octanol–water partition coefficient (Wildman–Crippen LogP) is 1.98. The molecule has 1 aliphatic rings. The highest BCUT2D eigenvalue weighted by molar-refractivity contribution is 6.31. The van der Waals surface area contributed by atoms with Crippen molar-refractivity contribution in [2.75, 3.05) is 18.0 Å². The molecule has 2 aromatic rings. The third-order valence-corrected chi connectivity index (χ3v) is 3.95. The molecule has 1 unspecified atom stereocenters. The minimum atomic E-state index is 0.217. The van der Waals surface area contributed by atoms with Gasteiger partial charge in [-0.3, -0.25) is 5.10 Å². The minimum absolute atomic E-state index is 0.217. The van der Waals surface area contributed by atoms with Gasteiger partial charge in [0.15, 0.2) is 0 Å². The van der Waals surface area contributed by atoms with Gasteiger partial charge in [0.2, 0.25) is 5.95 Å². The van der Waals surface area contributed by atoms with Gasteiger partial charge in [-0.2, -0.15) is 4.98 Å². The van der Waals surface area contributed by atoms with Crippen molar-refractivity contribution in [3.8, 4) is 0 Å². The van der Waals surface area contributed by atoms with Gasteiger partial charge in [-0.25, -0.2) is 0 Å². The Kier molecular flexibility index (Phi) is 3.89. The van der Waals surface area contributed by atoms with Gasteiger partial charge in [-0.1, -0.05) is 29.8 Å². The zero-order chi connectivity index (χ0) is 13.9. The van der Waals surface area contributed by atoms with E-state index in [4.69, 9.17) is 17.3 Å². The second-order valence-electron chi connectivity index (χ2n) is 5.20. The first kappa shape index (κ1) is 13.4. The summed E-state index contributed by atoms with van der Waals surface area (Å²) in [5.74, 6) is 1.56. The summed E-state index contributed by atoms with van der Waals surface area (Å²) in [7, 11) is 0. The Morgan fingerprint density at radius 3 is 3.05 bits per heavy atom. The number of nitrogens with zero attached hydrogens (tertiary/aromatic N) is 3. The molecule has 3 rings (SSSR count). The standard InChI is InChI=1S/C14H18ClN5/c15-12-6-2-1-4-10(12)8-13-17-14(19-18-13)20-7-3-5-11(16)9-20/h1-2,4,6,11H,3,5,7-9,16H2,(H,17,18,19). The van der Waals surface area contributed by atoms with E-state index in [0.717, 1.165) is 48.3 Å². The maximum absolute atomic E-state index is 6.16. The van der Waals surface area contributed by atoms with Crippen molar-refractivity contribution in [2.45, 2.75) is 25.3 Å². The van der Waals surface area contributed by atoms with Gasteiger partial charge in [-0.15, -0.1) is 5.10 Å². The lowest BCUT2D eigenvalue weighted by Gasteiger charge is -2.29. The molecule has 0 spiro atoms. The molecule has 2 heterocycles. The molecule has 0 aliphatic carbocycles. The van der Waals surface area contributed by atoms with Crippen molar-refractivity contribution in [3.63, 3.8) is 0 Å². The number of benzene rings is 1. The molecule has 20 heavy (non-hydrogen) atoms.